The number of aryl methyl sites for hydroxylation is 1. The number of ketones is 1. The molecule has 0 aromatic heterocycles. The molecule has 0 bridgehead atoms. The van der Waals surface area contributed by atoms with Crippen molar-refractivity contribution in [2.75, 3.05) is 6.54 Å². The first-order valence-corrected chi connectivity index (χ1v) is 6.28. The van der Waals surface area contributed by atoms with E-state index in [0.717, 1.165) is 10.0 Å². The van der Waals surface area contributed by atoms with Gasteiger partial charge in [-0.3, -0.25) is 9.59 Å². The van der Waals surface area contributed by atoms with E-state index in [4.69, 9.17) is 0 Å². The van der Waals surface area contributed by atoms with E-state index in [1.165, 1.54) is 0 Å². The monoisotopic (exact) mass is 297 g/mol. The lowest BCUT2D eigenvalue weighted by atomic mass is 10.1. The van der Waals surface area contributed by atoms with Gasteiger partial charge in [0.05, 0.1) is 12.1 Å². The van der Waals surface area contributed by atoms with Crippen LogP contribution in [0.15, 0.2) is 22.7 Å². The van der Waals surface area contributed by atoms with Gasteiger partial charge in [0.25, 0.3) is 5.91 Å². The quantitative estimate of drug-likeness (QED) is 0.929. The van der Waals surface area contributed by atoms with Crippen molar-refractivity contribution in [2.24, 2.45) is 5.92 Å². The van der Waals surface area contributed by atoms with Crippen molar-refractivity contribution in [3.05, 3.63) is 33.8 Å². The van der Waals surface area contributed by atoms with Gasteiger partial charge in [0.2, 0.25) is 0 Å². The maximum absolute atomic E-state index is 11.8. The van der Waals surface area contributed by atoms with Gasteiger partial charge in [0, 0.05) is 10.4 Å². The van der Waals surface area contributed by atoms with Crippen LogP contribution in [0.2, 0.25) is 0 Å². The molecule has 0 saturated carbocycles. The predicted octanol–water partition coefficient (Wildman–Crippen LogP) is 2.71. The number of rotatable bonds is 4. The number of hydrogen-bond donors (Lipinski definition) is 1. The van der Waals surface area contributed by atoms with Crippen LogP contribution in [0.1, 0.15) is 29.8 Å². The van der Waals surface area contributed by atoms with Crippen molar-refractivity contribution in [3.8, 4) is 0 Å². The van der Waals surface area contributed by atoms with Crippen molar-refractivity contribution < 1.29 is 9.59 Å². The van der Waals surface area contributed by atoms with Crippen LogP contribution in [0.3, 0.4) is 0 Å². The van der Waals surface area contributed by atoms with E-state index in [2.05, 4.69) is 21.2 Å². The Labute approximate surface area is 110 Å². The number of halogens is 1. The summed E-state index contributed by atoms with van der Waals surface area (Å²) in [6.07, 6.45) is 0. The SMILES string of the molecule is Cc1ccc(C(=O)NCC(=O)C(C)C)c(Br)c1. The van der Waals surface area contributed by atoms with E-state index in [-0.39, 0.29) is 24.2 Å². The van der Waals surface area contributed by atoms with E-state index < -0.39 is 0 Å². The zero-order valence-electron chi connectivity index (χ0n) is 10.2. The number of nitrogens with one attached hydrogen (secondary N) is 1. The molecule has 0 aliphatic rings. The van der Waals surface area contributed by atoms with Crippen LogP contribution in [0.25, 0.3) is 0 Å². The highest BCUT2D eigenvalue weighted by atomic mass is 79.9. The average Bonchev–Trinajstić information content (AvgIpc) is 2.25. The van der Waals surface area contributed by atoms with Crippen LogP contribution in [0, 0.1) is 12.8 Å². The van der Waals surface area contributed by atoms with Gasteiger partial charge in [-0.25, -0.2) is 0 Å². The molecule has 0 atom stereocenters. The molecule has 1 rings (SSSR count). The largest absolute Gasteiger partial charge is 0.345 e. The van der Waals surface area contributed by atoms with Crippen molar-refractivity contribution in [1.29, 1.82) is 0 Å². The summed E-state index contributed by atoms with van der Waals surface area (Å²) in [5.74, 6) is -0.260. The van der Waals surface area contributed by atoms with Gasteiger partial charge in [-0.2, -0.15) is 0 Å². The molecule has 0 aliphatic heterocycles. The molecule has 1 aromatic carbocycles. The number of amides is 1. The smallest absolute Gasteiger partial charge is 0.252 e. The molecule has 0 unspecified atom stereocenters. The third kappa shape index (κ3) is 3.97. The van der Waals surface area contributed by atoms with E-state index in [1.807, 2.05) is 32.9 Å². The molecule has 17 heavy (non-hydrogen) atoms. The molecular formula is C13H16BrNO2. The standard InChI is InChI=1S/C13H16BrNO2/c1-8(2)12(16)7-15-13(17)10-5-4-9(3)6-11(10)14/h4-6,8H,7H2,1-3H3,(H,15,17). The van der Waals surface area contributed by atoms with Crippen LogP contribution in [-0.4, -0.2) is 18.2 Å². The van der Waals surface area contributed by atoms with Crippen molar-refractivity contribution in [2.45, 2.75) is 20.8 Å². The van der Waals surface area contributed by atoms with E-state index in [0.29, 0.717) is 5.56 Å². The van der Waals surface area contributed by atoms with Gasteiger partial charge in [-0.05, 0) is 40.5 Å². The Morgan fingerprint density at radius 3 is 2.53 bits per heavy atom. The molecule has 0 spiro atoms. The Morgan fingerprint density at radius 2 is 2.00 bits per heavy atom. The molecule has 0 saturated heterocycles. The maximum Gasteiger partial charge on any atom is 0.252 e. The summed E-state index contributed by atoms with van der Waals surface area (Å²) in [6.45, 7) is 5.66. The molecule has 0 fully saturated rings. The maximum atomic E-state index is 11.8. The van der Waals surface area contributed by atoms with Crippen LogP contribution in [-0.2, 0) is 4.79 Å². The average molecular weight is 298 g/mol. The highest BCUT2D eigenvalue weighted by Gasteiger charge is 2.12. The van der Waals surface area contributed by atoms with E-state index in [9.17, 15) is 9.59 Å². The molecule has 0 radical (unpaired) electrons. The third-order valence-corrected chi connectivity index (χ3v) is 3.09. The lowest BCUT2D eigenvalue weighted by Crippen LogP contribution is -2.31. The minimum atomic E-state index is -0.231. The normalized spacial score (nSPS) is 10.4. The predicted molar refractivity (Wildman–Crippen MR) is 71.1 cm³/mol. The number of hydrogen-bond acceptors (Lipinski definition) is 2. The van der Waals surface area contributed by atoms with Gasteiger partial charge in [0.1, 0.15) is 0 Å². The Kier molecular flexibility index (Phi) is 4.87. The summed E-state index contributed by atoms with van der Waals surface area (Å²) in [5, 5.41) is 2.62. The van der Waals surface area contributed by atoms with E-state index in [1.54, 1.807) is 6.07 Å². The van der Waals surface area contributed by atoms with Gasteiger partial charge < -0.3 is 5.32 Å². The lowest BCUT2D eigenvalue weighted by molar-refractivity contribution is -0.120. The Bertz CT molecular complexity index is 441. The van der Waals surface area contributed by atoms with Gasteiger partial charge in [0.15, 0.2) is 5.78 Å². The van der Waals surface area contributed by atoms with Crippen molar-refractivity contribution in [3.63, 3.8) is 0 Å². The first kappa shape index (κ1) is 13.9. The Morgan fingerprint density at radius 1 is 1.35 bits per heavy atom. The van der Waals surface area contributed by atoms with E-state index >= 15 is 0 Å². The van der Waals surface area contributed by atoms with Crippen LogP contribution in [0.4, 0.5) is 0 Å². The second-order valence-electron chi connectivity index (χ2n) is 4.29. The lowest BCUT2D eigenvalue weighted by Gasteiger charge is -2.08. The number of benzene rings is 1. The summed E-state index contributed by atoms with van der Waals surface area (Å²) in [5.41, 5.74) is 1.62. The first-order chi connectivity index (χ1) is 7.91. The van der Waals surface area contributed by atoms with Crippen molar-refractivity contribution in [1.82, 2.24) is 5.32 Å². The highest BCUT2D eigenvalue weighted by Crippen LogP contribution is 2.18. The minimum absolute atomic E-state index is 0.0292. The fourth-order valence-electron chi connectivity index (χ4n) is 1.27. The second kappa shape index (κ2) is 5.96. The summed E-state index contributed by atoms with van der Waals surface area (Å²) in [7, 11) is 0. The molecular weight excluding hydrogens is 282 g/mol. The molecule has 3 nitrogen and oxygen atoms in total. The highest BCUT2D eigenvalue weighted by molar-refractivity contribution is 9.10. The third-order valence-electron chi connectivity index (χ3n) is 2.44. The minimum Gasteiger partial charge on any atom is -0.345 e. The first-order valence-electron chi connectivity index (χ1n) is 5.49. The molecule has 1 N–H and O–H groups in total. The molecule has 0 aliphatic carbocycles. The summed E-state index contributed by atoms with van der Waals surface area (Å²) in [6, 6.07) is 5.48. The van der Waals surface area contributed by atoms with Gasteiger partial charge in [-0.15, -0.1) is 0 Å². The summed E-state index contributed by atoms with van der Waals surface area (Å²) < 4.78 is 0.743. The number of carbonyl (C=O) groups is 2. The van der Waals surface area contributed by atoms with Crippen LogP contribution in [0.5, 0.6) is 0 Å². The summed E-state index contributed by atoms with van der Waals surface area (Å²) >= 11 is 3.34. The topological polar surface area (TPSA) is 46.2 Å². The fourth-order valence-corrected chi connectivity index (χ4v) is 1.94. The van der Waals surface area contributed by atoms with Crippen LogP contribution < -0.4 is 5.32 Å². The Hall–Kier alpha value is -1.16. The molecule has 4 heteroatoms. The van der Waals surface area contributed by atoms with Gasteiger partial charge >= 0.3 is 0 Å². The fraction of sp³-hybridized carbons (Fsp3) is 0.385. The zero-order chi connectivity index (χ0) is 13.0. The zero-order valence-corrected chi connectivity index (χ0v) is 11.8. The second-order valence-corrected chi connectivity index (χ2v) is 5.14. The molecule has 92 valence electrons. The summed E-state index contributed by atoms with van der Waals surface area (Å²) in [4.78, 5) is 23.2. The van der Waals surface area contributed by atoms with Crippen molar-refractivity contribution >= 4 is 27.6 Å². The van der Waals surface area contributed by atoms with Crippen LogP contribution >= 0.6 is 15.9 Å². The number of Topliss-reactive ketones (excluding diaryl/α,β-unsaturated/α-hetero) is 1. The molecule has 0 heterocycles. The number of carbonyl (C=O) groups excluding carboxylic acids is 2. The molecule has 1 aromatic rings. The Balaban J connectivity index is 2.68. The van der Waals surface area contributed by atoms with Gasteiger partial charge in [-0.1, -0.05) is 19.9 Å². The molecule has 1 amide bonds.